The molecule has 2 aliphatic heterocycles. The van der Waals surface area contributed by atoms with Crippen molar-refractivity contribution >= 4 is 17.5 Å². The normalized spacial score (nSPS) is 23.1. The summed E-state index contributed by atoms with van der Waals surface area (Å²) >= 11 is 0. The summed E-state index contributed by atoms with van der Waals surface area (Å²) in [6, 6.07) is 7.15. The zero-order valence-electron chi connectivity index (χ0n) is 17.5. The van der Waals surface area contributed by atoms with Crippen molar-refractivity contribution in [3.63, 3.8) is 0 Å². The molecular weight excluding hydrogens is 369 g/mol. The Morgan fingerprint density at radius 3 is 2.62 bits per heavy atom. The molecular formula is C22H28FN5O. The first kappa shape index (κ1) is 19.6. The fourth-order valence-electron chi connectivity index (χ4n) is 4.95. The summed E-state index contributed by atoms with van der Waals surface area (Å²) in [5.41, 5.74) is 1.36. The number of hydrogen-bond donors (Lipinski definition) is 0. The number of halogens is 1. The molecule has 0 bridgehead atoms. The highest BCUT2D eigenvalue weighted by atomic mass is 19.1. The van der Waals surface area contributed by atoms with E-state index >= 15 is 0 Å². The number of likely N-dealkylation sites (tertiary alicyclic amines) is 1. The molecule has 0 saturated carbocycles. The third-order valence-corrected chi connectivity index (χ3v) is 6.10. The van der Waals surface area contributed by atoms with Crippen LogP contribution in [-0.2, 0) is 0 Å². The van der Waals surface area contributed by atoms with Crippen LogP contribution in [0.2, 0.25) is 0 Å². The second-order valence-electron chi connectivity index (χ2n) is 8.90. The Morgan fingerprint density at radius 1 is 1.24 bits per heavy atom. The number of carbonyl (C=O) groups is 1. The lowest BCUT2D eigenvalue weighted by atomic mass is 9.89. The monoisotopic (exact) mass is 397 g/mol. The van der Waals surface area contributed by atoms with Gasteiger partial charge < -0.3 is 14.7 Å². The van der Waals surface area contributed by atoms with E-state index in [-0.39, 0.29) is 17.3 Å². The van der Waals surface area contributed by atoms with E-state index in [0.29, 0.717) is 36.6 Å². The van der Waals surface area contributed by atoms with Gasteiger partial charge in [-0.05, 0) is 50.8 Å². The number of rotatable bonds is 3. The maximum absolute atomic E-state index is 13.8. The second kappa shape index (κ2) is 7.28. The smallest absolute Gasteiger partial charge is 0.257 e. The van der Waals surface area contributed by atoms with Crippen LogP contribution in [0.25, 0.3) is 0 Å². The Morgan fingerprint density at radius 2 is 1.97 bits per heavy atom. The van der Waals surface area contributed by atoms with Crippen molar-refractivity contribution in [1.82, 2.24) is 14.9 Å². The van der Waals surface area contributed by atoms with E-state index < -0.39 is 0 Å². The molecule has 0 aliphatic carbocycles. The number of aromatic nitrogens is 2. The number of amides is 1. The van der Waals surface area contributed by atoms with Gasteiger partial charge in [-0.1, -0.05) is 6.07 Å². The van der Waals surface area contributed by atoms with E-state index in [9.17, 15) is 9.18 Å². The molecule has 7 heteroatoms. The van der Waals surface area contributed by atoms with Gasteiger partial charge in [0.25, 0.3) is 5.91 Å². The van der Waals surface area contributed by atoms with Crippen LogP contribution in [0.3, 0.4) is 0 Å². The molecule has 0 N–H and O–H groups in total. The lowest BCUT2D eigenvalue weighted by Crippen LogP contribution is -2.50. The molecule has 1 aromatic carbocycles. The molecule has 2 aliphatic rings. The lowest BCUT2D eigenvalue weighted by Gasteiger charge is -2.41. The van der Waals surface area contributed by atoms with E-state index in [1.165, 1.54) is 6.07 Å². The number of hydrogen-bond acceptors (Lipinski definition) is 5. The Hall–Kier alpha value is -2.70. The van der Waals surface area contributed by atoms with Gasteiger partial charge in [0, 0.05) is 56.8 Å². The average molecular weight is 397 g/mol. The fourth-order valence-corrected chi connectivity index (χ4v) is 4.95. The van der Waals surface area contributed by atoms with Gasteiger partial charge in [0.05, 0.1) is 5.56 Å². The van der Waals surface area contributed by atoms with E-state index in [1.54, 1.807) is 29.4 Å². The fraction of sp³-hybridized carbons (Fsp3) is 0.500. The average Bonchev–Trinajstić information content (AvgIpc) is 2.96. The number of nitrogens with zero attached hydrogens (tertiary/aromatic N) is 5. The van der Waals surface area contributed by atoms with Crippen LogP contribution in [0.1, 0.15) is 37.0 Å². The van der Waals surface area contributed by atoms with Gasteiger partial charge in [-0.2, -0.15) is 0 Å². The molecule has 1 amide bonds. The first-order valence-corrected chi connectivity index (χ1v) is 10.1. The molecule has 6 nitrogen and oxygen atoms in total. The van der Waals surface area contributed by atoms with Crippen molar-refractivity contribution in [2.45, 2.75) is 38.3 Å². The van der Waals surface area contributed by atoms with E-state index in [4.69, 9.17) is 0 Å². The van der Waals surface area contributed by atoms with Crippen LogP contribution in [0, 0.1) is 11.7 Å². The molecule has 2 fully saturated rings. The maximum atomic E-state index is 13.8. The standard InChI is InChI=1S/C22H28FN5O/c1-22(2)11-15-14-27(20(29)16-12-24-21(25-13-16)26(3)4)9-8-19(15)28(22)18-7-5-6-17(23)10-18/h5-7,10,12-13,15,19H,8-9,11,14H2,1-4H3/t15-,19+/m1/s1. The Labute approximate surface area is 171 Å². The van der Waals surface area contributed by atoms with Crippen molar-refractivity contribution in [3.05, 3.63) is 48.0 Å². The van der Waals surface area contributed by atoms with Crippen molar-refractivity contribution < 1.29 is 9.18 Å². The van der Waals surface area contributed by atoms with Gasteiger partial charge in [-0.15, -0.1) is 0 Å². The minimum Gasteiger partial charge on any atom is -0.363 e. The van der Waals surface area contributed by atoms with Gasteiger partial charge in [-0.3, -0.25) is 4.79 Å². The second-order valence-corrected chi connectivity index (χ2v) is 8.90. The minimum atomic E-state index is -0.212. The van der Waals surface area contributed by atoms with Gasteiger partial charge in [0.2, 0.25) is 5.95 Å². The Kier molecular flexibility index (Phi) is 4.92. The van der Waals surface area contributed by atoms with Gasteiger partial charge >= 0.3 is 0 Å². The van der Waals surface area contributed by atoms with Crippen molar-refractivity contribution in [2.24, 2.45) is 5.92 Å². The number of piperidine rings is 1. The van der Waals surface area contributed by atoms with Gasteiger partial charge in [0.1, 0.15) is 5.82 Å². The number of anilines is 2. The highest BCUT2D eigenvalue weighted by Gasteiger charge is 2.48. The van der Waals surface area contributed by atoms with Gasteiger partial charge in [0.15, 0.2) is 0 Å². The zero-order valence-corrected chi connectivity index (χ0v) is 17.5. The van der Waals surface area contributed by atoms with E-state index in [2.05, 4.69) is 28.7 Å². The van der Waals surface area contributed by atoms with Crippen molar-refractivity contribution in [2.75, 3.05) is 37.0 Å². The van der Waals surface area contributed by atoms with Crippen LogP contribution < -0.4 is 9.80 Å². The SMILES string of the molecule is CN(C)c1ncc(C(=O)N2CC[C@H]3[C@@H](C2)CC(C)(C)N3c2cccc(F)c2)cn1. The Bertz CT molecular complexity index is 898. The molecule has 2 atom stereocenters. The molecule has 1 aromatic heterocycles. The van der Waals surface area contributed by atoms with Crippen molar-refractivity contribution in [1.29, 1.82) is 0 Å². The molecule has 3 heterocycles. The minimum absolute atomic E-state index is 0.0178. The molecule has 0 radical (unpaired) electrons. The van der Waals surface area contributed by atoms with Gasteiger partial charge in [-0.25, -0.2) is 14.4 Å². The third-order valence-electron chi connectivity index (χ3n) is 6.10. The van der Waals surface area contributed by atoms with Crippen LogP contribution in [0.5, 0.6) is 0 Å². The highest BCUT2D eigenvalue weighted by molar-refractivity contribution is 5.93. The number of fused-ring (bicyclic) bond motifs is 1. The molecule has 0 unspecified atom stereocenters. The maximum Gasteiger partial charge on any atom is 0.257 e. The summed E-state index contributed by atoms with van der Waals surface area (Å²) < 4.78 is 13.8. The van der Waals surface area contributed by atoms with Crippen LogP contribution in [0.4, 0.5) is 16.0 Å². The third kappa shape index (κ3) is 3.66. The van der Waals surface area contributed by atoms with E-state index in [1.807, 2.05) is 25.1 Å². The van der Waals surface area contributed by atoms with Crippen LogP contribution in [-0.4, -0.2) is 59.5 Å². The molecule has 29 heavy (non-hydrogen) atoms. The quantitative estimate of drug-likeness (QED) is 0.796. The lowest BCUT2D eigenvalue weighted by molar-refractivity contribution is 0.0666. The largest absolute Gasteiger partial charge is 0.363 e. The van der Waals surface area contributed by atoms with Crippen LogP contribution in [0.15, 0.2) is 36.7 Å². The predicted octanol–water partition coefficient (Wildman–Crippen LogP) is 3.20. The summed E-state index contributed by atoms with van der Waals surface area (Å²) in [6.07, 6.45) is 5.05. The molecule has 2 saturated heterocycles. The zero-order chi connectivity index (χ0) is 20.8. The highest BCUT2D eigenvalue weighted by Crippen LogP contribution is 2.44. The number of carbonyl (C=O) groups excluding carboxylic acids is 1. The topological polar surface area (TPSA) is 52.6 Å². The summed E-state index contributed by atoms with van der Waals surface area (Å²) in [5.74, 6) is 0.711. The first-order chi connectivity index (χ1) is 13.8. The summed E-state index contributed by atoms with van der Waals surface area (Å²) in [6.45, 7) is 5.79. The molecule has 0 spiro atoms. The van der Waals surface area contributed by atoms with Crippen LogP contribution >= 0.6 is 0 Å². The first-order valence-electron chi connectivity index (χ1n) is 10.1. The van der Waals surface area contributed by atoms with Crippen molar-refractivity contribution in [3.8, 4) is 0 Å². The molecule has 154 valence electrons. The summed E-state index contributed by atoms with van der Waals surface area (Å²) in [5, 5.41) is 0. The predicted molar refractivity (Wildman–Crippen MR) is 112 cm³/mol. The van der Waals surface area contributed by atoms with E-state index in [0.717, 1.165) is 18.5 Å². The molecule has 4 rings (SSSR count). The summed E-state index contributed by atoms with van der Waals surface area (Å²) in [4.78, 5) is 27.6. The Balaban J connectivity index is 1.51. The molecule has 2 aromatic rings. The number of benzene rings is 1. The summed E-state index contributed by atoms with van der Waals surface area (Å²) in [7, 11) is 3.74.